The molecular formula is C7H3BrN4. The molecule has 2 aromatic heterocycles. The van der Waals surface area contributed by atoms with Crippen LogP contribution in [0.1, 0.15) is 0 Å². The molecule has 0 aliphatic heterocycles. The molecule has 0 spiro atoms. The zero-order valence-electron chi connectivity index (χ0n) is 5.90. The third-order valence-electron chi connectivity index (χ3n) is 1.26. The van der Waals surface area contributed by atoms with E-state index >= 15 is 0 Å². The predicted molar refractivity (Wildman–Crippen MR) is 44.5 cm³/mol. The average Bonchev–Trinajstić information content (AvgIpc) is 2.56. The van der Waals surface area contributed by atoms with Crippen molar-refractivity contribution in [2.45, 2.75) is 0 Å². The van der Waals surface area contributed by atoms with Crippen molar-refractivity contribution in [1.29, 1.82) is 0 Å². The highest BCUT2D eigenvalue weighted by Crippen LogP contribution is 2.07. The van der Waals surface area contributed by atoms with Gasteiger partial charge < -0.3 is 0 Å². The van der Waals surface area contributed by atoms with Gasteiger partial charge in [0.2, 0.25) is 0 Å². The van der Waals surface area contributed by atoms with Gasteiger partial charge in [0, 0.05) is 0 Å². The van der Waals surface area contributed by atoms with E-state index in [1.807, 2.05) is 18.2 Å². The molecule has 0 atom stereocenters. The van der Waals surface area contributed by atoms with E-state index in [1.54, 1.807) is 0 Å². The Hall–Kier alpha value is -1.41. The first-order valence-corrected chi connectivity index (χ1v) is 3.99. The Bertz CT molecular complexity index is 371. The minimum Gasteiger partial charge on any atom is -0.221 e. The molecule has 0 saturated heterocycles. The Morgan fingerprint density at radius 3 is 3.00 bits per heavy atom. The quantitative estimate of drug-likeness (QED) is 0.678. The number of pyridine rings is 1. The van der Waals surface area contributed by atoms with Crippen LogP contribution in [0.2, 0.25) is 0 Å². The van der Waals surface area contributed by atoms with Crippen LogP contribution in [0.4, 0.5) is 0 Å². The molecule has 0 amide bonds. The van der Waals surface area contributed by atoms with E-state index in [0.717, 1.165) is 4.60 Å². The van der Waals surface area contributed by atoms with Crippen molar-refractivity contribution >= 4 is 15.9 Å². The second kappa shape index (κ2) is 2.91. The van der Waals surface area contributed by atoms with Gasteiger partial charge in [-0.15, -0.1) is 4.68 Å². The SMILES string of the molecule is Brc1cccc(-n2c#cnn2)n1. The van der Waals surface area contributed by atoms with Gasteiger partial charge in [-0.25, -0.2) is 4.98 Å². The van der Waals surface area contributed by atoms with Crippen LogP contribution >= 0.6 is 15.9 Å². The lowest BCUT2D eigenvalue weighted by molar-refractivity contribution is 0.770. The molecule has 58 valence electrons. The van der Waals surface area contributed by atoms with Crippen molar-refractivity contribution in [2.24, 2.45) is 0 Å². The van der Waals surface area contributed by atoms with Crippen LogP contribution < -0.4 is 0 Å². The summed E-state index contributed by atoms with van der Waals surface area (Å²) < 4.78 is 2.17. The number of rotatable bonds is 1. The van der Waals surface area contributed by atoms with Crippen molar-refractivity contribution in [3.05, 3.63) is 35.2 Å². The first-order valence-electron chi connectivity index (χ1n) is 3.20. The van der Waals surface area contributed by atoms with Crippen molar-refractivity contribution in [3.8, 4) is 5.82 Å². The van der Waals surface area contributed by atoms with Gasteiger partial charge in [0.05, 0.1) is 12.4 Å². The predicted octanol–water partition coefficient (Wildman–Crippen LogP) is 1.03. The zero-order valence-corrected chi connectivity index (χ0v) is 7.48. The molecule has 2 aromatic rings. The van der Waals surface area contributed by atoms with Crippen LogP contribution in [0.25, 0.3) is 5.82 Å². The fraction of sp³-hybridized carbons (Fsp3) is 0. The summed E-state index contributed by atoms with van der Waals surface area (Å²) in [5.74, 6) is 0.665. The molecule has 0 unspecified atom stereocenters. The van der Waals surface area contributed by atoms with Gasteiger partial charge in [0.15, 0.2) is 5.82 Å². The van der Waals surface area contributed by atoms with E-state index in [9.17, 15) is 0 Å². The topological polar surface area (TPSA) is 43.6 Å². The van der Waals surface area contributed by atoms with Gasteiger partial charge in [0.25, 0.3) is 0 Å². The summed E-state index contributed by atoms with van der Waals surface area (Å²) in [5.41, 5.74) is 0. The van der Waals surface area contributed by atoms with Crippen LogP contribution in [-0.4, -0.2) is 20.0 Å². The number of hydrogen-bond acceptors (Lipinski definition) is 3. The van der Waals surface area contributed by atoms with Crippen LogP contribution in [0.5, 0.6) is 0 Å². The Balaban J connectivity index is 2.48. The minimum atomic E-state index is 0.665. The number of halogens is 1. The van der Waals surface area contributed by atoms with E-state index in [2.05, 4.69) is 43.6 Å². The summed E-state index contributed by atoms with van der Waals surface area (Å²) in [4.78, 5) is 4.14. The second-order valence-electron chi connectivity index (χ2n) is 2.04. The fourth-order valence-corrected chi connectivity index (χ4v) is 1.11. The summed E-state index contributed by atoms with van der Waals surface area (Å²) >= 11 is 3.25. The van der Waals surface area contributed by atoms with Crippen molar-refractivity contribution < 1.29 is 0 Å². The first-order chi connectivity index (χ1) is 5.86. The summed E-state index contributed by atoms with van der Waals surface area (Å²) in [6.45, 7) is 0. The minimum absolute atomic E-state index is 0.665. The molecule has 0 aliphatic carbocycles. The number of nitrogens with zero attached hydrogens (tertiary/aromatic N) is 4. The molecule has 0 aromatic carbocycles. The maximum atomic E-state index is 4.14. The summed E-state index contributed by atoms with van der Waals surface area (Å²) in [7, 11) is 0. The molecule has 0 N–H and O–H groups in total. The van der Waals surface area contributed by atoms with Crippen LogP contribution in [-0.2, 0) is 0 Å². The van der Waals surface area contributed by atoms with Gasteiger partial charge in [-0.3, -0.25) is 0 Å². The van der Waals surface area contributed by atoms with Gasteiger partial charge in [-0.1, -0.05) is 11.2 Å². The Labute approximate surface area is 77.4 Å². The Morgan fingerprint density at radius 1 is 1.42 bits per heavy atom. The van der Waals surface area contributed by atoms with Gasteiger partial charge in [0.1, 0.15) is 4.60 Å². The standard InChI is InChI=1S/C7H3BrN4/c8-6-2-1-3-7(10-6)12-5-4-9-11-12/h1-3H. The van der Waals surface area contributed by atoms with Crippen LogP contribution in [0, 0.1) is 12.4 Å². The molecule has 0 radical (unpaired) electrons. The van der Waals surface area contributed by atoms with E-state index in [1.165, 1.54) is 4.68 Å². The molecular weight excluding hydrogens is 220 g/mol. The lowest BCUT2D eigenvalue weighted by Gasteiger charge is -1.95. The lowest BCUT2D eigenvalue weighted by atomic mass is 10.5. The first kappa shape index (κ1) is 7.25. The van der Waals surface area contributed by atoms with Crippen LogP contribution in [0.3, 0.4) is 0 Å². The molecule has 4 nitrogen and oxygen atoms in total. The smallest absolute Gasteiger partial charge is 0.166 e. The molecule has 2 heterocycles. The highest BCUT2D eigenvalue weighted by molar-refractivity contribution is 9.10. The molecule has 0 bridgehead atoms. The van der Waals surface area contributed by atoms with E-state index in [4.69, 9.17) is 0 Å². The second-order valence-corrected chi connectivity index (χ2v) is 2.86. The maximum absolute atomic E-state index is 4.14. The monoisotopic (exact) mass is 222 g/mol. The third kappa shape index (κ3) is 1.29. The van der Waals surface area contributed by atoms with Gasteiger partial charge in [-0.05, 0) is 33.3 Å². The average molecular weight is 223 g/mol. The lowest BCUT2D eigenvalue weighted by Crippen LogP contribution is -1.98. The Morgan fingerprint density at radius 2 is 2.33 bits per heavy atom. The largest absolute Gasteiger partial charge is 0.221 e. The Kier molecular flexibility index (Phi) is 1.76. The summed E-state index contributed by atoms with van der Waals surface area (Å²) in [5, 5.41) is 7.21. The van der Waals surface area contributed by atoms with E-state index < -0.39 is 0 Å². The molecule has 5 heteroatoms. The van der Waals surface area contributed by atoms with Crippen molar-refractivity contribution in [3.63, 3.8) is 0 Å². The van der Waals surface area contributed by atoms with Gasteiger partial charge in [-0.2, -0.15) is 0 Å². The summed E-state index contributed by atoms with van der Waals surface area (Å²) in [6.07, 6.45) is 5.14. The van der Waals surface area contributed by atoms with Crippen LogP contribution in [0.15, 0.2) is 22.8 Å². The van der Waals surface area contributed by atoms with Crippen molar-refractivity contribution in [2.75, 3.05) is 0 Å². The van der Waals surface area contributed by atoms with Crippen molar-refractivity contribution in [1.82, 2.24) is 20.0 Å². The van der Waals surface area contributed by atoms with Gasteiger partial charge >= 0.3 is 0 Å². The molecule has 2 rings (SSSR count). The normalized spacial score (nSPS) is 9.42. The summed E-state index contributed by atoms with van der Waals surface area (Å²) in [6, 6.07) is 5.51. The van der Waals surface area contributed by atoms with E-state index in [0.29, 0.717) is 5.82 Å². The molecule has 0 saturated carbocycles. The number of aromatic nitrogens is 4. The maximum Gasteiger partial charge on any atom is 0.166 e. The third-order valence-corrected chi connectivity index (χ3v) is 1.70. The molecule has 0 fully saturated rings. The molecule has 0 aliphatic rings. The number of hydrogen-bond donors (Lipinski definition) is 0. The highest BCUT2D eigenvalue weighted by atomic mass is 79.9. The molecule has 12 heavy (non-hydrogen) atoms. The highest BCUT2D eigenvalue weighted by Gasteiger charge is 1.96. The zero-order chi connectivity index (χ0) is 8.39. The van der Waals surface area contributed by atoms with E-state index in [-0.39, 0.29) is 0 Å². The fourth-order valence-electron chi connectivity index (χ4n) is 0.778.